The van der Waals surface area contributed by atoms with E-state index in [4.69, 9.17) is 5.11 Å². The van der Waals surface area contributed by atoms with Crippen LogP contribution in [0.3, 0.4) is 0 Å². The third-order valence-corrected chi connectivity index (χ3v) is 4.94. The Morgan fingerprint density at radius 1 is 1.29 bits per heavy atom. The van der Waals surface area contributed by atoms with Crippen LogP contribution < -0.4 is 0 Å². The molecule has 1 unspecified atom stereocenters. The van der Waals surface area contributed by atoms with Gasteiger partial charge in [-0.05, 0) is 32.4 Å². The Labute approximate surface area is 141 Å². The average molecular weight is 328 g/mol. The number of carbonyl (C=O) groups is 2. The number of aliphatic carboxylic acids is 1. The number of fused-ring (bicyclic) bond motifs is 1. The van der Waals surface area contributed by atoms with Crippen LogP contribution in [0, 0.1) is 5.92 Å². The summed E-state index contributed by atoms with van der Waals surface area (Å²) in [6.07, 6.45) is 4.01. The molecule has 1 aliphatic rings. The number of hydrogen-bond acceptors (Lipinski definition) is 3. The molecule has 0 radical (unpaired) electrons. The number of carboxylic acid groups (broad SMARTS) is 1. The van der Waals surface area contributed by atoms with Gasteiger partial charge in [-0.1, -0.05) is 18.2 Å². The van der Waals surface area contributed by atoms with Crippen molar-refractivity contribution in [3.8, 4) is 0 Å². The van der Waals surface area contributed by atoms with E-state index in [1.165, 1.54) is 0 Å². The minimum atomic E-state index is -0.725. The van der Waals surface area contributed by atoms with E-state index in [-0.39, 0.29) is 11.7 Å². The molecule has 2 aromatic rings. The van der Waals surface area contributed by atoms with Crippen LogP contribution in [0.5, 0.6) is 0 Å². The van der Waals surface area contributed by atoms with Gasteiger partial charge in [-0.15, -0.1) is 0 Å². The standard InChI is InChI=1S/C19H24N2O3/c1-2-21-13-16(15-7-3-4-8-17(15)21)18(22)9-11-20-10-5-6-14(12-20)19(23)24/h3-4,7-8,13-14H,2,5-6,9-12H2,1H3,(H,23,24). The lowest BCUT2D eigenvalue weighted by Gasteiger charge is -2.30. The summed E-state index contributed by atoms with van der Waals surface area (Å²) in [5.41, 5.74) is 1.87. The Morgan fingerprint density at radius 2 is 2.08 bits per heavy atom. The van der Waals surface area contributed by atoms with E-state index in [1.807, 2.05) is 30.5 Å². The summed E-state index contributed by atoms with van der Waals surface area (Å²) in [6, 6.07) is 7.98. The van der Waals surface area contributed by atoms with Crippen LogP contribution >= 0.6 is 0 Å². The third kappa shape index (κ3) is 3.36. The van der Waals surface area contributed by atoms with Gasteiger partial charge >= 0.3 is 5.97 Å². The molecular weight excluding hydrogens is 304 g/mol. The number of aryl methyl sites for hydroxylation is 1. The summed E-state index contributed by atoms with van der Waals surface area (Å²) in [5.74, 6) is -0.885. The van der Waals surface area contributed by atoms with Gasteiger partial charge < -0.3 is 14.6 Å². The van der Waals surface area contributed by atoms with Crippen molar-refractivity contribution in [2.45, 2.75) is 32.7 Å². The van der Waals surface area contributed by atoms with Crippen LogP contribution in [-0.2, 0) is 11.3 Å². The lowest BCUT2D eigenvalue weighted by molar-refractivity contribution is -0.143. The highest BCUT2D eigenvalue weighted by Crippen LogP contribution is 2.23. The molecular formula is C19H24N2O3. The number of Topliss-reactive ketones (excluding diaryl/α,β-unsaturated/α-hetero) is 1. The lowest BCUT2D eigenvalue weighted by Crippen LogP contribution is -2.39. The SMILES string of the molecule is CCn1cc(C(=O)CCN2CCCC(C(=O)O)C2)c2ccccc21. The molecule has 1 aromatic heterocycles. The molecule has 128 valence electrons. The van der Waals surface area contributed by atoms with Crippen LogP contribution in [-0.4, -0.2) is 46.0 Å². The fraction of sp³-hybridized carbons (Fsp3) is 0.474. The minimum Gasteiger partial charge on any atom is -0.481 e. The van der Waals surface area contributed by atoms with Crippen LogP contribution in [0.25, 0.3) is 10.9 Å². The Morgan fingerprint density at radius 3 is 2.83 bits per heavy atom. The number of para-hydroxylation sites is 1. The maximum Gasteiger partial charge on any atom is 0.307 e. The Bertz CT molecular complexity index is 750. The highest BCUT2D eigenvalue weighted by Gasteiger charge is 2.25. The number of carboxylic acids is 1. The second-order valence-electron chi connectivity index (χ2n) is 6.50. The summed E-state index contributed by atoms with van der Waals surface area (Å²) < 4.78 is 2.10. The van der Waals surface area contributed by atoms with E-state index >= 15 is 0 Å². The molecule has 1 N–H and O–H groups in total. The molecule has 5 nitrogen and oxygen atoms in total. The lowest BCUT2D eigenvalue weighted by atomic mass is 9.98. The number of rotatable bonds is 6. The molecule has 0 amide bonds. The van der Waals surface area contributed by atoms with Gasteiger partial charge in [0.1, 0.15) is 0 Å². The van der Waals surface area contributed by atoms with Gasteiger partial charge in [0.25, 0.3) is 0 Å². The quantitative estimate of drug-likeness (QED) is 0.828. The maximum atomic E-state index is 12.7. The van der Waals surface area contributed by atoms with Crippen molar-refractivity contribution < 1.29 is 14.7 Å². The van der Waals surface area contributed by atoms with E-state index in [9.17, 15) is 9.59 Å². The number of aromatic nitrogens is 1. The molecule has 1 fully saturated rings. The highest BCUT2D eigenvalue weighted by atomic mass is 16.4. The summed E-state index contributed by atoms with van der Waals surface area (Å²) in [4.78, 5) is 25.9. The van der Waals surface area contributed by atoms with Gasteiger partial charge in [-0.3, -0.25) is 9.59 Å². The molecule has 1 aromatic carbocycles. The number of carbonyl (C=O) groups excluding carboxylic acids is 1. The van der Waals surface area contributed by atoms with Crippen LogP contribution in [0.15, 0.2) is 30.5 Å². The van der Waals surface area contributed by atoms with E-state index in [0.717, 1.165) is 42.4 Å². The largest absolute Gasteiger partial charge is 0.481 e. The summed E-state index contributed by atoms with van der Waals surface area (Å²) >= 11 is 0. The second kappa shape index (κ2) is 7.18. The molecule has 0 bridgehead atoms. The molecule has 1 saturated heterocycles. The Kier molecular flexibility index (Phi) is 5.00. The minimum absolute atomic E-state index is 0.135. The third-order valence-electron chi connectivity index (χ3n) is 4.94. The number of piperidine rings is 1. The van der Waals surface area contributed by atoms with E-state index in [1.54, 1.807) is 0 Å². The number of benzene rings is 1. The van der Waals surface area contributed by atoms with Crippen molar-refractivity contribution in [1.29, 1.82) is 0 Å². The fourth-order valence-electron chi connectivity index (χ4n) is 3.59. The summed E-state index contributed by atoms with van der Waals surface area (Å²) in [7, 11) is 0. The zero-order valence-electron chi connectivity index (χ0n) is 14.1. The molecule has 0 spiro atoms. The summed E-state index contributed by atoms with van der Waals surface area (Å²) in [5, 5.41) is 10.2. The van der Waals surface area contributed by atoms with Gasteiger partial charge in [-0.25, -0.2) is 0 Å². The maximum absolute atomic E-state index is 12.7. The Balaban J connectivity index is 1.68. The van der Waals surface area contributed by atoms with Crippen LogP contribution in [0.1, 0.15) is 36.5 Å². The van der Waals surface area contributed by atoms with Crippen molar-refractivity contribution in [2.75, 3.05) is 19.6 Å². The van der Waals surface area contributed by atoms with Crippen LogP contribution in [0.2, 0.25) is 0 Å². The zero-order valence-corrected chi connectivity index (χ0v) is 14.1. The van der Waals surface area contributed by atoms with E-state index in [0.29, 0.717) is 19.5 Å². The van der Waals surface area contributed by atoms with Gasteiger partial charge in [-0.2, -0.15) is 0 Å². The van der Waals surface area contributed by atoms with Crippen molar-refractivity contribution >= 4 is 22.7 Å². The monoisotopic (exact) mass is 328 g/mol. The molecule has 24 heavy (non-hydrogen) atoms. The van der Waals surface area contributed by atoms with Crippen molar-refractivity contribution in [3.63, 3.8) is 0 Å². The first-order valence-corrected chi connectivity index (χ1v) is 8.66. The molecule has 1 aliphatic heterocycles. The molecule has 1 atom stereocenters. The number of nitrogens with zero attached hydrogens (tertiary/aromatic N) is 2. The van der Waals surface area contributed by atoms with E-state index in [2.05, 4.69) is 16.4 Å². The molecule has 0 saturated carbocycles. The normalized spacial score (nSPS) is 18.8. The number of hydrogen-bond donors (Lipinski definition) is 1. The molecule has 0 aliphatic carbocycles. The number of ketones is 1. The molecule has 3 rings (SSSR count). The average Bonchev–Trinajstić information content (AvgIpc) is 2.99. The van der Waals surface area contributed by atoms with Crippen molar-refractivity contribution in [2.24, 2.45) is 5.92 Å². The highest BCUT2D eigenvalue weighted by molar-refractivity contribution is 6.08. The first-order valence-electron chi connectivity index (χ1n) is 8.66. The topological polar surface area (TPSA) is 62.5 Å². The zero-order chi connectivity index (χ0) is 17.1. The van der Waals surface area contributed by atoms with E-state index < -0.39 is 5.97 Å². The van der Waals surface area contributed by atoms with Crippen molar-refractivity contribution in [3.05, 3.63) is 36.0 Å². The first kappa shape index (κ1) is 16.7. The second-order valence-corrected chi connectivity index (χ2v) is 6.50. The molecule has 5 heteroatoms. The summed E-state index contributed by atoms with van der Waals surface area (Å²) in [6.45, 7) is 4.97. The van der Waals surface area contributed by atoms with Gasteiger partial charge in [0.05, 0.1) is 5.92 Å². The smallest absolute Gasteiger partial charge is 0.307 e. The van der Waals surface area contributed by atoms with Crippen molar-refractivity contribution in [1.82, 2.24) is 9.47 Å². The number of likely N-dealkylation sites (tertiary alicyclic amines) is 1. The Hall–Kier alpha value is -2.14. The first-order chi connectivity index (χ1) is 11.6. The van der Waals surface area contributed by atoms with Crippen LogP contribution in [0.4, 0.5) is 0 Å². The van der Waals surface area contributed by atoms with Gasteiger partial charge in [0.15, 0.2) is 5.78 Å². The predicted octanol–water partition coefficient (Wildman–Crippen LogP) is 3.03. The van der Waals surface area contributed by atoms with Gasteiger partial charge in [0.2, 0.25) is 0 Å². The predicted molar refractivity (Wildman–Crippen MR) is 93.4 cm³/mol. The fourth-order valence-corrected chi connectivity index (χ4v) is 3.59. The molecule has 2 heterocycles. The van der Waals surface area contributed by atoms with Gasteiger partial charge in [0, 0.05) is 48.7 Å².